The lowest BCUT2D eigenvalue weighted by Crippen LogP contribution is -2.51. The summed E-state index contributed by atoms with van der Waals surface area (Å²) < 4.78 is 1.20. The maximum Gasteiger partial charge on any atom is 0.0702 e. The second-order valence-corrected chi connectivity index (χ2v) is 8.24. The highest BCUT2D eigenvalue weighted by Crippen LogP contribution is 2.34. The van der Waals surface area contributed by atoms with E-state index < -0.39 is 0 Å². The third-order valence-corrected chi connectivity index (χ3v) is 5.88. The maximum atomic E-state index is 6.25. The smallest absolute Gasteiger partial charge is 0.0702 e. The third-order valence-electron chi connectivity index (χ3n) is 4.19. The number of rotatable bonds is 4. The Bertz CT molecular complexity index is 422. The molecular weight excluding hydrogens is 322 g/mol. The van der Waals surface area contributed by atoms with E-state index in [2.05, 4.69) is 44.8 Å². The summed E-state index contributed by atoms with van der Waals surface area (Å²) in [6.07, 6.45) is 2.82. The summed E-state index contributed by atoms with van der Waals surface area (Å²) in [5, 5.41) is 0. The normalized spacial score (nSPS) is 25.4. The number of thiophene rings is 1. The Hall–Kier alpha value is 0.0600. The Morgan fingerprint density at radius 2 is 1.95 bits per heavy atom. The molecular formula is C14H22BrN3S. The van der Waals surface area contributed by atoms with Gasteiger partial charge in [0.05, 0.1) is 9.83 Å². The highest BCUT2D eigenvalue weighted by atomic mass is 79.9. The van der Waals surface area contributed by atoms with E-state index in [0.717, 1.165) is 19.1 Å². The van der Waals surface area contributed by atoms with Gasteiger partial charge in [0.2, 0.25) is 0 Å². The highest BCUT2D eigenvalue weighted by molar-refractivity contribution is 9.11. The van der Waals surface area contributed by atoms with Crippen LogP contribution < -0.4 is 5.73 Å². The van der Waals surface area contributed by atoms with Crippen LogP contribution >= 0.6 is 27.3 Å². The second kappa shape index (κ2) is 5.82. The standard InChI is InChI=1S/C14H22BrN3S/c1-10(16)14(12-4-5-13(15)19-12)18-8-6-17(7-9-18)11-2-3-11/h4-5,10-11,14H,2-3,6-9,16H2,1H3. The zero-order valence-corrected chi connectivity index (χ0v) is 13.8. The van der Waals surface area contributed by atoms with Crippen molar-refractivity contribution in [3.05, 3.63) is 20.8 Å². The van der Waals surface area contributed by atoms with Gasteiger partial charge in [-0.1, -0.05) is 0 Å². The third kappa shape index (κ3) is 3.22. The van der Waals surface area contributed by atoms with Crippen LogP contribution in [0.1, 0.15) is 30.7 Å². The predicted octanol–water partition coefficient (Wildman–Crippen LogP) is 2.68. The summed E-state index contributed by atoms with van der Waals surface area (Å²) in [7, 11) is 0. The first-order valence-electron chi connectivity index (χ1n) is 7.14. The number of hydrogen-bond donors (Lipinski definition) is 1. The second-order valence-electron chi connectivity index (χ2n) is 5.75. The van der Waals surface area contributed by atoms with Crippen molar-refractivity contribution in [2.45, 2.75) is 37.9 Å². The molecule has 0 aromatic carbocycles. The Morgan fingerprint density at radius 3 is 2.42 bits per heavy atom. The summed E-state index contributed by atoms with van der Waals surface area (Å²) in [6.45, 7) is 6.85. The number of halogens is 1. The van der Waals surface area contributed by atoms with Crippen molar-refractivity contribution in [3.8, 4) is 0 Å². The monoisotopic (exact) mass is 343 g/mol. The molecule has 0 amide bonds. The highest BCUT2D eigenvalue weighted by Gasteiger charge is 2.34. The Balaban J connectivity index is 1.67. The lowest BCUT2D eigenvalue weighted by Gasteiger charge is -2.40. The summed E-state index contributed by atoms with van der Waals surface area (Å²) >= 11 is 5.38. The van der Waals surface area contributed by atoms with Gasteiger partial charge in [0.25, 0.3) is 0 Å². The van der Waals surface area contributed by atoms with E-state index >= 15 is 0 Å². The molecule has 2 unspecified atom stereocenters. The van der Waals surface area contributed by atoms with E-state index in [1.807, 2.05) is 11.3 Å². The zero-order chi connectivity index (χ0) is 13.4. The van der Waals surface area contributed by atoms with E-state index in [1.165, 1.54) is 34.6 Å². The van der Waals surface area contributed by atoms with Crippen molar-refractivity contribution in [3.63, 3.8) is 0 Å². The average Bonchev–Trinajstić information content (AvgIpc) is 3.14. The molecule has 106 valence electrons. The summed E-state index contributed by atoms with van der Waals surface area (Å²) in [5.74, 6) is 0. The SMILES string of the molecule is CC(N)C(c1ccc(Br)s1)N1CCN(C2CC2)CC1. The van der Waals surface area contributed by atoms with Gasteiger partial charge in [0.15, 0.2) is 0 Å². The van der Waals surface area contributed by atoms with Gasteiger partial charge in [-0.25, -0.2) is 0 Å². The van der Waals surface area contributed by atoms with Crippen LogP contribution in [0, 0.1) is 0 Å². The molecule has 3 nitrogen and oxygen atoms in total. The molecule has 2 fully saturated rings. The van der Waals surface area contributed by atoms with Crippen molar-refractivity contribution < 1.29 is 0 Å². The van der Waals surface area contributed by atoms with Crippen LogP contribution in [0.15, 0.2) is 15.9 Å². The molecule has 5 heteroatoms. The molecule has 0 bridgehead atoms. The van der Waals surface area contributed by atoms with Crippen molar-refractivity contribution >= 4 is 27.3 Å². The molecule has 3 rings (SSSR count). The Kier molecular flexibility index (Phi) is 4.29. The van der Waals surface area contributed by atoms with Crippen molar-refractivity contribution in [2.75, 3.05) is 26.2 Å². The van der Waals surface area contributed by atoms with Gasteiger partial charge in [-0.15, -0.1) is 11.3 Å². The van der Waals surface area contributed by atoms with Gasteiger partial charge in [-0.3, -0.25) is 9.80 Å². The fourth-order valence-electron chi connectivity index (χ4n) is 3.08. The van der Waals surface area contributed by atoms with Crippen LogP contribution in [-0.2, 0) is 0 Å². The first-order valence-corrected chi connectivity index (χ1v) is 8.75. The average molecular weight is 344 g/mol. The number of hydrogen-bond acceptors (Lipinski definition) is 4. The first kappa shape index (κ1) is 14.0. The molecule has 2 heterocycles. The largest absolute Gasteiger partial charge is 0.326 e. The quantitative estimate of drug-likeness (QED) is 0.912. The van der Waals surface area contributed by atoms with Crippen LogP contribution in [0.5, 0.6) is 0 Å². The Morgan fingerprint density at radius 1 is 1.26 bits per heavy atom. The minimum atomic E-state index is 0.179. The molecule has 1 saturated carbocycles. The molecule has 2 atom stereocenters. The van der Waals surface area contributed by atoms with Gasteiger partial charge < -0.3 is 5.73 Å². The molecule has 1 aromatic heterocycles. The molecule has 1 saturated heterocycles. The number of nitrogens with two attached hydrogens (primary N) is 1. The van der Waals surface area contributed by atoms with E-state index in [0.29, 0.717) is 6.04 Å². The van der Waals surface area contributed by atoms with Crippen molar-refractivity contribution in [2.24, 2.45) is 5.73 Å². The molecule has 0 radical (unpaired) electrons. The Labute approximate surface area is 127 Å². The molecule has 2 aliphatic rings. The summed E-state index contributed by atoms with van der Waals surface area (Å²) in [4.78, 5) is 6.61. The van der Waals surface area contributed by atoms with E-state index in [9.17, 15) is 0 Å². The lowest BCUT2D eigenvalue weighted by molar-refractivity contribution is 0.0840. The summed E-state index contributed by atoms with van der Waals surface area (Å²) in [5.41, 5.74) is 6.25. The van der Waals surface area contributed by atoms with Crippen molar-refractivity contribution in [1.82, 2.24) is 9.80 Å². The topological polar surface area (TPSA) is 32.5 Å². The minimum absolute atomic E-state index is 0.179. The van der Waals surface area contributed by atoms with Crippen LogP contribution in [0.3, 0.4) is 0 Å². The van der Waals surface area contributed by atoms with Gasteiger partial charge in [-0.2, -0.15) is 0 Å². The molecule has 1 aromatic rings. The fourth-order valence-corrected chi connectivity index (χ4v) is 4.75. The molecule has 1 aliphatic carbocycles. The molecule has 1 aliphatic heterocycles. The fraction of sp³-hybridized carbons (Fsp3) is 0.714. The van der Waals surface area contributed by atoms with Gasteiger partial charge in [-0.05, 0) is 47.8 Å². The van der Waals surface area contributed by atoms with E-state index in [1.54, 1.807) is 0 Å². The maximum absolute atomic E-state index is 6.25. The van der Waals surface area contributed by atoms with Gasteiger partial charge in [0, 0.05) is 43.1 Å². The van der Waals surface area contributed by atoms with Crippen LogP contribution in [-0.4, -0.2) is 48.1 Å². The molecule has 2 N–H and O–H groups in total. The number of nitrogens with zero attached hydrogens (tertiary/aromatic N) is 2. The predicted molar refractivity (Wildman–Crippen MR) is 84.6 cm³/mol. The van der Waals surface area contributed by atoms with Crippen molar-refractivity contribution in [1.29, 1.82) is 0 Å². The van der Waals surface area contributed by atoms with Gasteiger partial charge >= 0.3 is 0 Å². The summed E-state index contributed by atoms with van der Waals surface area (Å²) in [6, 6.07) is 5.80. The first-order chi connectivity index (χ1) is 9.15. The van der Waals surface area contributed by atoms with E-state index in [-0.39, 0.29) is 6.04 Å². The van der Waals surface area contributed by atoms with Crippen LogP contribution in [0.25, 0.3) is 0 Å². The minimum Gasteiger partial charge on any atom is -0.326 e. The lowest BCUT2D eigenvalue weighted by atomic mass is 10.1. The zero-order valence-electron chi connectivity index (χ0n) is 11.4. The molecule has 0 spiro atoms. The van der Waals surface area contributed by atoms with Gasteiger partial charge in [0.1, 0.15) is 0 Å². The van der Waals surface area contributed by atoms with Crippen LogP contribution in [0.4, 0.5) is 0 Å². The van der Waals surface area contributed by atoms with E-state index in [4.69, 9.17) is 5.73 Å². The molecule has 19 heavy (non-hydrogen) atoms. The van der Waals surface area contributed by atoms with Crippen LogP contribution in [0.2, 0.25) is 0 Å². The number of piperazine rings is 1.